The van der Waals surface area contributed by atoms with Gasteiger partial charge in [0.1, 0.15) is 17.6 Å². The number of nitrogens with zero attached hydrogens (tertiary/aromatic N) is 1. The summed E-state index contributed by atoms with van der Waals surface area (Å²) in [6, 6.07) is 18.7. The Kier molecular flexibility index (Phi) is 6.22. The fraction of sp³-hybridized carbons (Fsp3) is 0.238. The highest BCUT2D eigenvalue weighted by molar-refractivity contribution is 5.94. The maximum Gasteiger partial charge on any atom is 0.247 e. The first-order valence-electron chi connectivity index (χ1n) is 8.81. The zero-order valence-electron chi connectivity index (χ0n) is 15.4. The Morgan fingerprint density at radius 2 is 1.89 bits per heavy atom. The summed E-state index contributed by atoms with van der Waals surface area (Å²) in [5, 5.41) is 9.97. The number of carbonyl (C=O) groups excluding carboxylic acids is 1. The predicted molar refractivity (Wildman–Crippen MR) is 104 cm³/mol. The average molecular weight is 365 g/mol. The fourth-order valence-corrected chi connectivity index (χ4v) is 2.78. The molecule has 27 heavy (non-hydrogen) atoms. The molecule has 0 radical (unpaired) electrons. The highest BCUT2D eigenvalue weighted by atomic mass is 16.5. The van der Waals surface area contributed by atoms with Crippen LogP contribution in [-0.4, -0.2) is 24.7 Å². The molecule has 0 aliphatic rings. The number of amides is 1. The first kappa shape index (κ1) is 18.7. The summed E-state index contributed by atoms with van der Waals surface area (Å²) in [7, 11) is 1.65. The van der Waals surface area contributed by atoms with Gasteiger partial charge < -0.3 is 19.9 Å². The summed E-state index contributed by atoms with van der Waals surface area (Å²) in [4.78, 5) is 12.8. The lowest BCUT2D eigenvalue weighted by atomic mass is 10.1. The largest absolute Gasteiger partial charge is 0.497 e. The standard InChI is InChI=1S/C21H23N3O3/c1-15-14-19(24-27-15)23-21(25)20(17-6-4-3-5-7-17)22-13-12-16-8-10-18(26-2)11-9-16/h3-11,14,20,22H,12-13H2,1-2H3,(H,23,24,25)/t20-/m0/s1. The molecule has 0 fully saturated rings. The minimum Gasteiger partial charge on any atom is -0.497 e. The van der Waals surface area contributed by atoms with E-state index >= 15 is 0 Å². The van der Waals surface area contributed by atoms with E-state index < -0.39 is 6.04 Å². The molecule has 0 saturated heterocycles. The third-order valence-corrected chi connectivity index (χ3v) is 4.20. The van der Waals surface area contributed by atoms with E-state index in [1.807, 2.05) is 54.6 Å². The van der Waals surface area contributed by atoms with Crippen molar-refractivity contribution in [3.8, 4) is 5.75 Å². The molecule has 1 aromatic heterocycles. The second-order valence-electron chi connectivity index (χ2n) is 6.21. The SMILES string of the molecule is COc1ccc(CCN[C@H](C(=O)Nc2cc(C)on2)c2ccccc2)cc1. The number of hydrogen-bond donors (Lipinski definition) is 2. The second-order valence-corrected chi connectivity index (χ2v) is 6.21. The van der Waals surface area contributed by atoms with Crippen molar-refractivity contribution >= 4 is 11.7 Å². The average Bonchev–Trinajstić information content (AvgIpc) is 3.11. The number of aromatic nitrogens is 1. The number of methoxy groups -OCH3 is 1. The molecule has 0 aliphatic carbocycles. The van der Waals surface area contributed by atoms with Crippen LogP contribution in [0.3, 0.4) is 0 Å². The van der Waals surface area contributed by atoms with E-state index in [-0.39, 0.29) is 5.91 Å². The van der Waals surface area contributed by atoms with Gasteiger partial charge in [0.15, 0.2) is 5.82 Å². The first-order valence-corrected chi connectivity index (χ1v) is 8.81. The fourth-order valence-electron chi connectivity index (χ4n) is 2.78. The van der Waals surface area contributed by atoms with Crippen LogP contribution in [0.5, 0.6) is 5.75 Å². The molecule has 6 heteroatoms. The molecule has 3 rings (SSSR count). The van der Waals surface area contributed by atoms with Crippen LogP contribution in [0.4, 0.5) is 5.82 Å². The van der Waals surface area contributed by atoms with Gasteiger partial charge in [-0.25, -0.2) is 0 Å². The van der Waals surface area contributed by atoms with Crippen LogP contribution in [0.15, 0.2) is 65.2 Å². The van der Waals surface area contributed by atoms with Crippen LogP contribution in [0.1, 0.15) is 22.9 Å². The van der Waals surface area contributed by atoms with Crippen molar-refractivity contribution in [2.75, 3.05) is 19.0 Å². The third kappa shape index (κ3) is 5.18. The Labute approximate surface area is 158 Å². The Morgan fingerprint density at radius 3 is 2.52 bits per heavy atom. The molecule has 1 amide bonds. The maximum absolute atomic E-state index is 12.8. The van der Waals surface area contributed by atoms with Crippen molar-refractivity contribution in [3.63, 3.8) is 0 Å². The number of rotatable bonds is 8. The van der Waals surface area contributed by atoms with Crippen molar-refractivity contribution in [2.45, 2.75) is 19.4 Å². The Hall–Kier alpha value is -3.12. The molecular weight excluding hydrogens is 342 g/mol. The van der Waals surface area contributed by atoms with Crippen LogP contribution in [-0.2, 0) is 11.2 Å². The minimum absolute atomic E-state index is 0.177. The molecular formula is C21H23N3O3. The molecule has 0 saturated carbocycles. The highest BCUT2D eigenvalue weighted by Crippen LogP contribution is 2.17. The molecule has 2 aromatic carbocycles. The van der Waals surface area contributed by atoms with Crippen molar-refractivity contribution in [2.24, 2.45) is 0 Å². The van der Waals surface area contributed by atoms with Gasteiger partial charge in [0, 0.05) is 12.6 Å². The van der Waals surface area contributed by atoms with Gasteiger partial charge in [0.25, 0.3) is 0 Å². The molecule has 1 atom stereocenters. The Balaban J connectivity index is 1.65. The van der Waals surface area contributed by atoms with Crippen LogP contribution in [0.25, 0.3) is 0 Å². The lowest BCUT2D eigenvalue weighted by molar-refractivity contribution is -0.118. The van der Waals surface area contributed by atoms with Gasteiger partial charge in [-0.05, 0) is 36.6 Å². The number of nitrogens with one attached hydrogen (secondary N) is 2. The van der Waals surface area contributed by atoms with E-state index in [1.54, 1.807) is 20.1 Å². The molecule has 6 nitrogen and oxygen atoms in total. The van der Waals surface area contributed by atoms with Gasteiger partial charge in [-0.2, -0.15) is 0 Å². The van der Waals surface area contributed by atoms with E-state index in [4.69, 9.17) is 9.26 Å². The Bertz CT molecular complexity index is 860. The molecule has 0 aliphatic heterocycles. The van der Waals surface area contributed by atoms with E-state index in [2.05, 4.69) is 15.8 Å². The summed E-state index contributed by atoms with van der Waals surface area (Å²) >= 11 is 0. The number of carbonyl (C=O) groups is 1. The van der Waals surface area contributed by atoms with Crippen LogP contribution in [0.2, 0.25) is 0 Å². The topological polar surface area (TPSA) is 76.4 Å². The van der Waals surface area contributed by atoms with Gasteiger partial charge >= 0.3 is 0 Å². The molecule has 0 spiro atoms. The first-order chi connectivity index (χ1) is 13.2. The molecule has 140 valence electrons. The lowest BCUT2D eigenvalue weighted by Crippen LogP contribution is -2.34. The zero-order valence-corrected chi connectivity index (χ0v) is 15.4. The van der Waals surface area contributed by atoms with Crippen LogP contribution in [0, 0.1) is 6.92 Å². The number of anilines is 1. The summed E-state index contributed by atoms with van der Waals surface area (Å²) in [5.74, 6) is 1.71. The monoisotopic (exact) mass is 365 g/mol. The van der Waals surface area contributed by atoms with Crippen molar-refractivity contribution < 1.29 is 14.1 Å². The van der Waals surface area contributed by atoms with Crippen LogP contribution < -0.4 is 15.4 Å². The van der Waals surface area contributed by atoms with E-state index in [0.717, 1.165) is 17.7 Å². The van der Waals surface area contributed by atoms with E-state index in [0.29, 0.717) is 18.1 Å². The van der Waals surface area contributed by atoms with Gasteiger partial charge in [0.2, 0.25) is 5.91 Å². The van der Waals surface area contributed by atoms with Gasteiger partial charge in [-0.3, -0.25) is 4.79 Å². The normalized spacial score (nSPS) is 11.8. The number of benzene rings is 2. The summed E-state index contributed by atoms with van der Waals surface area (Å²) in [6.45, 7) is 2.43. The summed E-state index contributed by atoms with van der Waals surface area (Å²) in [5.41, 5.74) is 2.06. The molecule has 0 bridgehead atoms. The minimum atomic E-state index is -0.485. The summed E-state index contributed by atoms with van der Waals surface area (Å²) in [6.07, 6.45) is 0.795. The second kappa shape index (κ2) is 9.00. The van der Waals surface area contributed by atoms with Crippen LogP contribution >= 0.6 is 0 Å². The number of aryl methyl sites for hydroxylation is 1. The van der Waals surface area contributed by atoms with Crippen molar-refractivity contribution in [1.29, 1.82) is 0 Å². The molecule has 3 aromatic rings. The number of hydrogen-bond acceptors (Lipinski definition) is 5. The highest BCUT2D eigenvalue weighted by Gasteiger charge is 2.21. The van der Waals surface area contributed by atoms with Gasteiger partial charge in [-0.15, -0.1) is 0 Å². The van der Waals surface area contributed by atoms with Gasteiger partial charge in [0.05, 0.1) is 7.11 Å². The van der Waals surface area contributed by atoms with Gasteiger partial charge in [-0.1, -0.05) is 47.6 Å². The Morgan fingerprint density at radius 1 is 1.15 bits per heavy atom. The molecule has 2 N–H and O–H groups in total. The number of ether oxygens (including phenoxy) is 1. The van der Waals surface area contributed by atoms with E-state index in [9.17, 15) is 4.79 Å². The molecule has 0 unspecified atom stereocenters. The van der Waals surface area contributed by atoms with Crippen molar-refractivity contribution in [3.05, 3.63) is 77.6 Å². The lowest BCUT2D eigenvalue weighted by Gasteiger charge is -2.18. The predicted octanol–water partition coefficient (Wildman–Crippen LogP) is 3.50. The molecule has 1 heterocycles. The van der Waals surface area contributed by atoms with E-state index in [1.165, 1.54) is 5.56 Å². The smallest absolute Gasteiger partial charge is 0.247 e. The zero-order chi connectivity index (χ0) is 19.1. The van der Waals surface area contributed by atoms with Crippen molar-refractivity contribution in [1.82, 2.24) is 10.5 Å². The third-order valence-electron chi connectivity index (χ3n) is 4.20. The summed E-state index contributed by atoms with van der Waals surface area (Å²) < 4.78 is 10.2. The maximum atomic E-state index is 12.8. The quantitative estimate of drug-likeness (QED) is 0.639.